The predicted octanol–water partition coefficient (Wildman–Crippen LogP) is 2.06. The van der Waals surface area contributed by atoms with Crippen LogP contribution in [0.15, 0.2) is 17.5 Å². The lowest BCUT2D eigenvalue weighted by Crippen LogP contribution is -2.30. The number of hydrogen-bond donors (Lipinski definition) is 1. The van der Waals surface area contributed by atoms with Gasteiger partial charge in [0.15, 0.2) is 5.78 Å². The predicted molar refractivity (Wildman–Crippen MR) is 68.0 cm³/mol. The lowest BCUT2D eigenvalue weighted by molar-refractivity contribution is -0.170. The molecule has 0 radical (unpaired) electrons. The van der Waals surface area contributed by atoms with Crippen LogP contribution in [0, 0.1) is 0 Å². The molecule has 1 saturated heterocycles. The summed E-state index contributed by atoms with van der Waals surface area (Å²) in [6.45, 7) is 3.83. The van der Waals surface area contributed by atoms with Crippen molar-refractivity contribution >= 4 is 22.9 Å². The third-order valence-electron chi connectivity index (χ3n) is 2.28. The van der Waals surface area contributed by atoms with Gasteiger partial charge in [0.1, 0.15) is 0 Å². The van der Waals surface area contributed by atoms with Gasteiger partial charge in [0.2, 0.25) is 5.78 Å². The van der Waals surface area contributed by atoms with E-state index >= 15 is 0 Å². The Bertz CT molecular complexity index is 416. The van der Waals surface area contributed by atoms with Crippen LogP contribution in [0.1, 0.15) is 16.1 Å². The molecule has 20 heavy (non-hydrogen) atoms. The molecular weight excluding hydrogens is 295 g/mol. The van der Waals surface area contributed by atoms with E-state index in [-0.39, 0.29) is 4.88 Å². The first kappa shape index (κ1) is 16.8. The second-order valence-corrected chi connectivity index (χ2v) is 4.81. The number of carbonyl (C=O) groups is 2. The molecule has 1 aliphatic heterocycles. The van der Waals surface area contributed by atoms with Crippen LogP contribution in [0.4, 0.5) is 13.2 Å². The van der Waals surface area contributed by atoms with E-state index in [0.717, 1.165) is 37.6 Å². The number of nitrogens with one attached hydrogen (secondary N) is 1. The Kier molecular flexibility index (Phi) is 6.83. The third kappa shape index (κ3) is 6.27. The van der Waals surface area contributed by atoms with E-state index in [9.17, 15) is 22.8 Å². The summed E-state index contributed by atoms with van der Waals surface area (Å²) in [5.41, 5.74) is 0. The van der Waals surface area contributed by atoms with Crippen molar-refractivity contribution in [2.75, 3.05) is 26.3 Å². The fraction of sp³-hybridized carbons (Fsp3) is 0.500. The van der Waals surface area contributed by atoms with E-state index in [4.69, 9.17) is 4.74 Å². The van der Waals surface area contributed by atoms with Crippen LogP contribution < -0.4 is 5.32 Å². The molecule has 0 amide bonds. The van der Waals surface area contributed by atoms with Crippen molar-refractivity contribution in [3.8, 4) is 0 Å². The van der Waals surface area contributed by atoms with Gasteiger partial charge in [-0.2, -0.15) is 13.2 Å². The summed E-state index contributed by atoms with van der Waals surface area (Å²) in [5, 5.41) is 4.72. The third-order valence-corrected chi connectivity index (χ3v) is 3.19. The monoisotopic (exact) mass is 309 g/mol. The number of morpholine rings is 1. The summed E-state index contributed by atoms with van der Waals surface area (Å²) in [7, 11) is 0. The van der Waals surface area contributed by atoms with Gasteiger partial charge in [-0.05, 0) is 11.4 Å². The van der Waals surface area contributed by atoms with Crippen molar-refractivity contribution in [3.05, 3.63) is 22.4 Å². The lowest BCUT2D eigenvalue weighted by atomic mass is 10.2. The van der Waals surface area contributed by atoms with Crippen LogP contribution in [0.25, 0.3) is 0 Å². The van der Waals surface area contributed by atoms with Crippen LogP contribution in [-0.2, 0) is 9.53 Å². The van der Waals surface area contributed by atoms with Crippen LogP contribution in [-0.4, -0.2) is 44.0 Å². The van der Waals surface area contributed by atoms with Crippen LogP contribution >= 0.6 is 11.3 Å². The Balaban J connectivity index is 0.000000276. The number of alkyl halides is 3. The van der Waals surface area contributed by atoms with Gasteiger partial charge < -0.3 is 10.1 Å². The highest BCUT2D eigenvalue weighted by Crippen LogP contribution is 2.20. The van der Waals surface area contributed by atoms with E-state index in [1.54, 1.807) is 5.38 Å². The summed E-state index contributed by atoms with van der Waals surface area (Å²) in [6.07, 6.45) is -6.03. The summed E-state index contributed by atoms with van der Waals surface area (Å²) in [5.74, 6) is -2.79. The van der Waals surface area contributed by atoms with E-state index in [1.165, 1.54) is 12.1 Å². The van der Waals surface area contributed by atoms with Crippen molar-refractivity contribution < 1.29 is 27.5 Å². The Morgan fingerprint density at radius 1 is 1.30 bits per heavy atom. The van der Waals surface area contributed by atoms with Crippen molar-refractivity contribution in [2.24, 2.45) is 0 Å². The van der Waals surface area contributed by atoms with Crippen LogP contribution in [0.3, 0.4) is 0 Å². The van der Waals surface area contributed by atoms with Gasteiger partial charge >= 0.3 is 6.18 Å². The molecule has 1 aromatic rings. The smallest absolute Gasteiger partial charge is 0.379 e. The van der Waals surface area contributed by atoms with Crippen molar-refractivity contribution in [1.29, 1.82) is 0 Å². The highest BCUT2D eigenvalue weighted by Gasteiger charge is 2.39. The molecule has 0 aliphatic carbocycles. The normalized spacial score (nSPS) is 15.2. The highest BCUT2D eigenvalue weighted by atomic mass is 32.1. The minimum atomic E-state index is -4.92. The highest BCUT2D eigenvalue weighted by molar-refractivity contribution is 7.12. The molecule has 0 aromatic carbocycles. The minimum Gasteiger partial charge on any atom is -0.379 e. The maximum absolute atomic E-state index is 11.8. The van der Waals surface area contributed by atoms with Gasteiger partial charge in [0, 0.05) is 13.1 Å². The molecule has 8 heteroatoms. The molecule has 1 aliphatic rings. The van der Waals surface area contributed by atoms with Gasteiger partial charge in [-0.3, -0.25) is 9.59 Å². The molecular formula is C12H14F3NO3S. The molecule has 2 heterocycles. The van der Waals surface area contributed by atoms with Crippen LogP contribution in [0.5, 0.6) is 0 Å². The Hall–Kier alpha value is -1.25. The summed E-state index contributed by atoms with van der Waals surface area (Å²) in [6, 6.07) is 2.92. The molecule has 4 nitrogen and oxygen atoms in total. The fourth-order valence-electron chi connectivity index (χ4n) is 1.29. The molecule has 112 valence electrons. The molecule has 1 N–H and O–H groups in total. The first-order valence-corrected chi connectivity index (χ1v) is 6.74. The van der Waals surface area contributed by atoms with E-state index < -0.39 is 24.2 Å². The van der Waals surface area contributed by atoms with Crippen LogP contribution in [0.2, 0.25) is 0 Å². The number of rotatable bonds is 3. The quantitative estimate of drug-likeness (QED) is 0.686. The van der Waals surface area contributed by atoms with Gasteiger partial charge in [0.25, 0.3) is 0 Å². The van der Waals surface area contributed by atoms with Gasteiger partial charge in [0.05, 0.1) is 24.5 Å². The van der Waals surface area contributed by atoms with E-state index in [2.05, 4.69) is 5.32 Å². The number of carbonyl (C=O) groups excluding carboxylic acids is 2. The zero-order valence-electron chi connectivity index (χ0n) is 10.5. The molecule has 0 atom stereocenters. The summed E-state index contributed by atoms with van der Waals surface area (Å²) < 4.78 is 40.3. The van der Waals surface area contributed by atoms with E-state index in [1.807, 2.05) is 0 Å². The van der Waals surface area contributed by atoms with Gasteiger partial charge in [-0.25, -0.2) is 0 Å². The zero-order chi connectivity index (χ0) is 15.0. The minimum absolute atomic E-state index is 0.169. The molecule has 0 spiro atoms. The first-order valence-electron chi connectivity index (χ1n) is 5.86. The number of ether oxygens (including phenoxy) is 1. The molecule has 1 fully saturated rings. The Morgan fingerprint density at radius 2 is 1.95 bits per heavy atom. The summed E-state index contributed by atoms with van der Waals surface area (Å²) in [4.78, 5) is 21.7. The van der Waals surface area contributed by atoms with Gasteiger partial charge in [-0.15, -0.1) is 11.3 Å². The first-order chi connectivity index (χ1) is 9.41. The number of ketones is 2. The molecule has 0 saturated carbocycles. The maximum atomic E-state index is 11.8. The largest absolute Gasteiger partial charge is 0.450 e. The average Bonchev–Trinajstić information content (AvgIpc) is 2.94. The average molecular weight is 309 g/mol. The lowest BCUT2D eigenvalue weighted by Gasteiger charge is -2.10. The van der Waals surface area contributed by atoms with Crippen molar-refractivity contribution in [1.82, 2.24) is 5.32 Å². The molecule has 0 bridgehead atoms. The topological polar surface area (TPSA) is 55.4 Å². The Labute approximate surface area is 117 Å². The fourth-order valence-corrected chi connectivity index (χ4v) is 1.95. The number of Topliss-reactive ketones (excluding diaryl/α,β-unsaturated/α-hetero) is 2. The van der Waals surface area contributed by atoms with E-state index in [0.29, 0.717) is 0 Å². The number of thiophene rings is 1. The molecule has 0 unspecified atom stereocenters. The SMILES string of the molecule is C1COCCN1.O=C(CC(=O)C(F)(F)F)c1cccs1. The van der Waals surface area contributed by atoms with Crippen molar-refractivity contribution in [2.45, 2.75) is 12.6 Å². The summed E-state index contributed by atoms with van der Waals surface area (Å²) >= 11 is 1.01. The number of hydrogen-bond acceptors (Lipinski definition) is 5. The molecule has 1 aromatic heterocycles. The van der Waals surface area contributed by atoms with Crippen molar-refractivity contribution in [3.63, 3.8) is 0 Å². The zero-order valence-corrected chi connectivity index (χ0v) is 11.4. The molecule has 2 rings (SSSR count). The Morgan fingerprint density at radius 3 is 2.30 bits per heavy atom. The van der Waals surface area contributed by atoms with Gasteiger partial charge in [-0.1, -0.05) is 6.07 Å². The standard InChI is InChI=1S/C8H5F3O2S.C4H9NO/c9-8(10,11)7(13)4-5(12)6-2-1-3-14-6;1-3-6-4-2-5-1/h1-3H,4H2;5H,1-4H2. The maximum Gasteiger partial charge on any atom is 0.450 e. The second-order valence-electron chi connectivity index (χ2n) is 3.86. The number of halogens is 3. The second kappa shape index (κ2) is 8.13.